The second-order valence-corrected chi connectivity index (χ2v) is 3.93. The minimum atomic E-state index is -4.53. The summed E-state index contributed by atoms with van der Waals surface area (Å²) in [6.45, 7) is 0. The van der Waals surface area contributed by atoms with Crippen LogP contribution in [0.3, 0.4) is 0 Å². The predicted molar refractivity (Wildman–Crippen MR) is 60.2 cm³/mol. The van der Waals surface area contributed by atoms with Gasteiger partial charge >= 0.3 is 12.1 Å². The van der Waals surface area contributed by atoms with Crippen LogP contribution < -0.4 is 5.73 Å². The SMILES string of the molecule is Nc1cc(C(F)(F)F)cc(/C=C/C(=O)O)c1Br. The lowest BCUT2D eigenvalue weighted by Crippen LogP contribution is -2.06. The Morgan fingerprint density at radius 2 is 2.00 bits per heavy atom. The van der Waals surface area contributed by atoms with E-state index in [2.05, 4.69) is 15.9 Å². The number of carboxylic acid groups (broad SMARTS) is 1. The normalized spacial score (nSPS) is 12.0. The highest BCUT2D eigenvalue weighted by atomic mass is 79.9. The number of benzene rings is 1. The molecule has 0 radical (unpaired) electrons. The Kier molecular flexibility index (Phi) is 3.82. The van der Waals surface area contributed by atoms with Crippen molar-refractivity contribution in [3.05, 3.63) is 33.8 Å². The van der Waals surface area contributed by atoms with Gasteiger partial charge in [-0.3, -0.25) is 0 Å². The molecule has 0 fully saturated rings. The van der Waals surface area contributed by atoms with Gasteiger partial charge in [-0.25, -0.2) is 4.79 Å². The van der Waals surface area contributed by atoms with Gasteiger partial charge in [-0.05, 0) is 39.7 Å². The number of halogens is 4. The number of hydrogen-bond acceptors (Lipinski definition) is 2. The molecule has 17 heavy (non-hydrogen) atoms. The molecular formula is C10H7BrF3NO2. The van der Waals surface area contributed by atoms with Gasteiger partial charge in [0.25, 0.3) is 0 Å². The summed E-state index contributed by atoms with van der Waals surface area (Å²) in [4.78, 5) is 10.3. The van der Waals surface area contributed by atoms with Crippen LogP contribution in [0.25, 0.3) is 6.08 Å². The summed E-state index contributed by atoms with van der Waals surface area (Å²) < 4.78 is 37.6. The topological polar surface area (TPSA) is 63.3 Å². The average Bonchev–Trinajstić information content (AvgIpc) is 2.18. The molecule has 0 aliphatic rings. The molecule has 0 aromatic heterocycles. The van der Waals surface area contributed by atoms with Crippen molar-refractivity contribution in [1.82, 2.24) is 0 Å². The number of carboxylic acids is 1. The van der Waals surface area contributed by atoms with E-state index < -0.39 is 17.7 Å². The molecule has 0 atom stereocenters. The Hall–Kier alpha value is -1.50. The number of aliphatic carboxylic acids is 1. The van der Waals surface area contributed by atoms with E-state index in [0.717, 1.165) is 24.3 Å². The van der Waals surface area contributed by atoms with Gasteiger partial charge in [-0.15, -0.1) is 0 Å². The van der Waals surface area contributed by atoms with Crippen LogP contribution in [0, 0.1) is 0 Å². The second-order valence-electron chi connectivity index (χ2n) is 3.14. The molecule has 0 amide bonds. The van der Waals surface area contributed by atoms with Gasteiger partial charge in [-0.1, -0.05) is 0 Å². The Bertz CT molecular complexity index is 483. The molecule has 0 saturated carbocycles. The zero-order valence-corrected chi connectivity index (χ0v) is 9.84. The Labute approximate surface area is 103 Å². The summed E-state index contributed by atoms with van der Waals surface area (Å²) in [6, 6.07) is 1.60. The molecule has 3 N–H and O–H groups in total. The third kappa shape index (κ3) is 3.48. The molecule has 1 aromatic rings. The summed E-state index contributed by atoms with van der Waals surface area (Å²) >= 11 is 2.99. The molecule has 7 heteroatoms. The van der Waals surface area contributed by atoms with E-state index in [9.17, 15) is 18.0 Å². The molecule has 1 aromatic carbocycles. The molecule has 92 valence electrons. The highest BCUT2D eigenvalue weighted by Crippen LogP contribution is 2.35. The van der Waals surface area contributed by atoms with E-state index >= 15 is 0 Å². The quantitative estimate of drug-likeness (QED) is 0.651. The molecule has 0 spiro atoms. The fourth-order valence-corrected chi connectivity index (χ4v) is 1.48. The molecule has 0 heterocycles. The number of anilines is 1. The smallest absolute Gasteiger partial charge is 0.416 e. The molecule has 1 rings (SSSR count). The van der Waals surface area contributed by atoms with E-state index in [1.165, 1.54) is 0 Å². The van der Waals surface area contributed by atoms with Crippen molar-refractivity contribution < 1.29 is 23.1 Å². The van der Waals surface area contributed by atoms with Gasteiger partial charge in [0.05, 0.1) is 5.56 Å². The van der Waals surface area contributed by atoms with Gasteiger partial charge in [0, 0.05) is 16.2 Å². The molecular weight excluding hydrogens is 303 g/mol. The largest absolute Gasteiger partial charge is 0.478 e. The van der Waals surface area contributed by atoms with Gasteiger partial charge in [0.2, 0.25) is 0 Å². The van der Waals surface area contributed by atoms with Crippen molar-refractivity contribution in [2.45, 2.75) is 6.18 Å². The van der Waals surface area contributed by atoms with Crippen molar-refractivity contribution in [2.24, 2.45) is 0 Å². The van der Waals surface area contributed by atoms with Crippen LogP contribution in [0.15, 0.2) is 22.7 Å². The lowest BCUT2D eigenvalue weighted by Gasteiger charge is -2.10. The highest BCUT2D eigenvalue weighted by Gasteiger charge is 2.31. The predicted octanol–water partition coefficient (Wildman–Crippen LogP) is 3.15. The summed E-state index contributed by atoms with van der Waals surface area (Å²) in [6.07, 6.45) is -2.75. The first-order valence-electron chi connectivity index (χ1n) is 4.29. The van der Waals surface area contributed by atoms with Crippen LogP contribution in [0.5, 0.6) is 0 Å². The van der Waals surface area contributed by atoms with Crippen molar-refractivity contribution in [3.63, 3.8) is 0 Å². The van der Waals surface area contributed by atoms with Gasteiger partial charge in [0.15, 0.2) is 0 Å². The number of rotatable bonds is 2. The van der Waals surface area contributed by atoms with Crippen LogP contribution in [-0.2, 0) is 11.0 Å². The monoisotopic (exact) mass is 309 g/mol. The first-order valence-corrected chi connectivity index (χ1v) is 5.08. The maximum Gasteiger partial charge on any atom is 0.416 e. The van der Waals surface area contributed by atoms with Crippen LogP contribution in [-0.4, -0.2) is 11.1 Å². The van der Waals surface area contributed by atoms with E-state index in [-0.39, 0.29) is 15.7 Å². The van der Waals surface area contributed by atoms with Crippen LogP contribution >= 0.6 is 15.9 Å². The van der Waals surface area contributed by atoms with E-state index in [1.807, 2.05) is 0 Å². The molecule has 0 aliphatic carbocycles. The number of hydrogen-bond donors (Lipinski definition) is 2. The first-order chi connectivity index (χ1) is 7.71. The van der Waals surface area contributed by atoms with E-state index in [1.54, 1.807) is 0 Å². The summed E-state index contributed by atoms with van der Waals surface area (Å²) in [5.74, 6) is -1.26. The highest BCUT2D eigenvalue weighted by molar-refractivity contribution is 9.10. The fraction of sp³-hybridized carbons (Fsp3) is 0.100. The number of nitrogen functional groups attached to an aromatic ring is 1. The molecule has 0 aliphatic heterocycles. The van der Waals surface area contributed by atoms with Crippen LogP contribution in [0.2, 0.25) is 0 Å². The maximum atomic E-state index is 12.5. The molecule has 0 saturated heterocycles. The number of nitrogens with two attached hydrogens (primary N) is 1. The Morgan fingerprint density at radius 3 is 2.47 bits per heavy atom. The molecule has 0 bridgehead atoms. The second kappa shape index (κ2) is 4.79. The summed E-state index contributed by atoms with van der Waals surface area (Å²) in [7, 11) is 0. The summed E-state index contributed by atoms with van der Waals surface area (Å²) in [5.41, 5.74) is 4.42. The maximum absolute atomic E-state index is 12.5. The zero-order valence-electron chi connectivity index (χ0n) is 8.25. The minimum Gasteiger partial charge on any atom is -0.478 e. The van der Waals surface area contributed by atoms with Gasteiger partial charge in [0.1, 0.15) is 0 Å². The summed E-state index contributed by atoms with van der Waals surface area (Å²) in [5, 5.41) is 8.41. The van der Waals surface area contributed by atoms with Gasteiger partial charge in [-0.2, -0.15) is 13.2 Å². The van der Waals surface area contributed by atoms with Crippen molar-refractivity contribution >= 4 is 33.7 Å². The fourth-order valence-electron chi connectivity index (χ4n) is 1.12. The Morgan fingerprint density at radius 1 is 1.41 bits per heavy atom. The van der Waals surface area contributed by atoms with E-state index in [0.29, 0.717) is 0 Å². The third-order valence-electron chi connectivity index (χ3n) is 1.86. The van der Waals surface area contributed by atoms with Gasteiger partial charge < -0.3 is 10.8 Å². The van der Waals surface area contributed by atoms with Crippen molar-refractivity contribution in [1.29, 1.82) is 0 Å². The van der Waals surface area contributed by atoms with Crippen molar-refractivity contribution in [2.75, 3.05) is 5.73 Å². The standard InChI is InChI=1S/C10H7BrF3NO2/c11-9-5(1-2-8(16)17)3-6(4-7(9)15)10(12,13)14/h1-4H,15H2,(H,16,17)/b2-1+. The van der Waals surface area contributed by atoms with Crippen molar-refractivity contribution in [3.8, 4) is 0 Å². The minimum absolute atomic E-state index is 0.0553. The first kappa shape index (κ1) is 13.6. The lowest BCUT2D eigenvalue weighted by molar-refractivity contribution is -0.137. The lowest BCUT2D eigenvalue weighted by atomic mass is 10.1. The van der Waals surface area contributed by atoms with E-state index in [4.69, 9.17) is 10.8 Å². The Balaban J connectivity index is 3.30. The van der Waals surface area contributed by atoms with Crippen LogP contribution in [0.1, 0.15) is 11.1 Å². The zero-order chi connectivity index (χ0) is 13.2. The molecule has 3 nitrogen and oxygen atoms in total. The molecule has 0 unspecified atom stereocenters. The number of carbonyl (C=O) groups is 1. The average molecular weight is 310 g/mol. The number of alkyl halides is 3. The third-order valence-corrected chi connectivity index (χ3v) is 2.78. The van der Waals surface area contributed by atoms with Crippen LogP contribution in [0.4, 0.5) is 18.9 Å².